The standard InChI is InChI=1S/C16H26N2O/c1-3-19-15-5-4-11-17-16(15)18-12-10-14-8-6-13(2)7-9-14/h4-5,11,13-14H,3,6-10,12H2,1-2H3,(H,17,18). The van der Waals surface area contributed by atoms with Gasteiger partial charge in [-0.1, -0.05) is 32.6 Å². The highest BCUT2D eigenvalue weighted by Gasteiger charge is 2.17. The molecule has 3 nitrogen and oxygen atoms in total. The van der Waals surface area contributed by atoms with Crippen LogP contribution in [0.15, 0.2) is 18.3 Å². The summed E-state index contributed by atoms with van der Waals surface area (Å²) in [5.41, 5.74) is 0. The summed E-state index contributed by atoms with van der Waals surface area (Å²) in [7, 11) is 0. The fraction of sp³-hybridized carbons (Fsp3) is 0.688. The molecule has 1 aromatic heterocycles. The number of nitrogens with one attached hydrogen (secondary N) is 1. The molecule has 1 aliphatic rings. The second-order valence-electron chi connectivity index (χ2n) is 5.62. The average molecular weight is 262 g/mol. The Morgan fingerprint density at radius 3 is 2.84 bits per heavy atom. The minimum atomic E-state index is 0.681. The van der Waals surface area contributed by atoms with Gasteiger partial charge >= 0.3 is 0 Å². The molecule has 0 unspecified atom stereocenters. The van der Waals surface area contributed by atoms with E-state index < -0.39 is 0 Å². The van der Waals surface area contributed by atoms with Crippen molar-refractivity contribution in [1.82, 2.24) is 4.98 Å². The normalized spacial score (nSPS) is 23.1. The topological polar surface area (TPSA) is 34.1 Å². The first-order valence-corrected chi connectivity index (χ1v) is 7.61. The lowest BCUT2D eigenvalue weighted by atomic mass is 9.81. The van der Waals surface area contributed by atoms with Crippen LogP contribution in [0.5, 0.6) is 5.75 Å². The molecule has 2 rings (SSSR count). The van der Waals surface area contributed by atoms with Gasteiger partial charge in [-0.25, -0.2) is 4.98 Å². The van der Waals surface area contributed by atoms with Crippen LogP contribution in [0.4, 0.5) is 5.82 Å². The van der Waals surface area contributed by atoms with Gasteiger partial charge in [0.15, 0.2) is 11.6 Å². The third-order valence-electron chi connectivity index (χ3n) is 4.05. The fourth-order valence-corrected chi connectivity index (χ4v) is 2.81. The number of hydrogen-bond donors (Lipinski definition) is 1. The van der Waals surface area contributed by atoms with Gasteiger partial charge in [0.05, 0.1) is 6.61 Å². The van der Waals surface area contributed by atoms with Crippen LogP contribution in [0.25, 0.3) is 0 Å². The third-order valence-corrected chi connectivity index (χ3v) is 4.05. The van der Waals surface area contributed by atoms with Crippen LogP contribution in [0.1, 0.15) is 46.0 Å². The average Bonchev–Trinajstić information content (AvgIpc) is 2.43. The Bertz CT molecular complexity index is 373. The molecule has 0 aromatic carbocycles. The molecule has 19 heavy (non-hydrogen) atoms. The Morgan fingerprint density at radius 2 is 2.11 bits per heavy atom. The number of ether oxygens (including phenoxy) is 1. The Balaban J connectivity index is 1.76. The fourth-order valence-electron chi connectivity index (χ4n) is 2.81. The lowest BCUT2D eigenvalue weighted by molar-refractivity contribution is 0.281. The Morgan fingerprint density at radius 1 is 1.32 bits per heavy atom. The number of aromatic nitrogens is 1. The van der Waals surface area contributed by atoms with Crippen LogP contribution in [0.3, 0.4) is 0 Å². The molecule has 1 aromatic rings. The van der Waals surface area contributed by atoms with E-state index in [-0.39, 0.29) is 0 Å². The van der Waals surface area contributed by atoms with Gasteiger partial charge in [-0.2, -0.15) is 0 Å². The molecule has 0 spiro atoms. The zero-order valence-corrected chi connectivity index (χ0v) is 12.2. The molecule has 0 amide bonds. The largest absolute Gasteiger partial charge is 0.490 e. The molecule has 1 aliphatic carbocycles. The summed E-state index contributed by atoms with van der Waals surface area (Å²) in [6, 6.07) is 3.89. The lowest BCUT2D eigenvalue weighted by Gasteiger charge is -2.26. The summed E-state index contributed by atoms with van der Waals surface area (Å²) in [6.07, 6.45) is 8.64. The highest BCUT2D eigenvalue weighted by Crippen LogP contribution is 2.30. The second kappa shape index (κ2) is 7.37. The van der Waals surface area contributed by atoms with Crippen molar-refractivity contribution in [1.29, 1.82) is 0 Å². The Hall–Kier alpha value is -1.25. The van der Waals surface area contributed by atoms with Gasteiger partial charge in [0.1, 0.15) is 0 Å². The molecule has 1 saturated carbocycles. The van der Waals surface area contributed by atoms with Crippen LogP contribution >= 0.6 is 0 Å². The molecular weight excluding hydrogens is 236 g/mol. The van der Waals surface area contributed by atoms with Crippen molar-refractivity contribution < 1.29 is 4.74 Å². The molecule has 1 heterocycles. The van der Waals surface area contributed by atoms with Crippen molar-refractivity contribution in [2.75, 3.05) is 18.5 Å². The molecule has 0 bridgehead atoms. The van der Waals surface area contributed by atoms with Gasteiger partial charge in [0.25, 0.3) is 0 Å². The smallest absolute Gasteiger partial charge is 0.168 e. The highest BCUT2D eigenvalue weighted by molar-refractivity contribution is 5.49. The summed E-state index contributed by atoms with van der Waals surface area (Å²) in [5.74, 6) is 3.57. The quantitative estimate of drug-likeness (QED) is 0.837. The molecule has 1 fully saturated rings. The SMILES string of the molecule is CCOc1cccnc1NCCC1CCC(C)CC1. The van der Waals surface area contributed by atoms with Gasteiger partial charge in [-0.05, 0) is 37.3 Å². The zero-order valence-electron chi connectivity index (χ0n) is 12.2. The summed E-state index contributed by atoms with van der Waals surface area (Å²) in [4.78, 5) is 4.36. The number of rotatable bonds is 6. The van der Waals surface area contributed by atoms with Crippen molar-refractivity contribution in [2.45, 2.75) is 46.0 Å². The second-order valence-corrected chi connectivity index (χ2v) is 5.62. The predicted octanol–water partition coefficient (Wildman–Crippen LogP) is 4.11. The maximum absolute atomic E-state index is 5.57. The zero-order chi connectivity index (χ0) is 13.5. The summed E-state index contributed by atoms with van der Waals surface area (Å²) >= 11 is 0. The van der Waals surface area contributed by atoms with E-state index in [1.807, 2.05) is 25.3 Å². The van der Waals surface area contributed by atoms with Crippen molar-refractivity contribution in [3.8, 4) is 5.75 Å². The summed E-state index contributed by atoms with van der Waals surface area (Å²) in [6.45, 7) is 6.05. The lowest BCUT2D eigenvalue weighted by Crippen LogP contribution is -2.16. The van der Waals surface area contributed by atoms with Crippen LogP contribution in [0, 0.1) is 11.8 Å². The van der Waals surface area contributed by atoms with E-state index in [0.29, 0.717) is 6.61 Å². The van der Waals surface area contributed by atoms with E-state index in [9.17, 15) is 0 Å². The number of nitrogens with zero attached hydrogens (tertiary/aromatic N) is 1. The Labute approximate surface area is 116 Å². The van der Waals surface area contributed by atoms with Crippen molar-refractivity contribution in [3.63, 3.8) is 0 Å². The van der Waals surface area contributed by atoms with E-state index in [0.717, 1.165) is 29.9 Å². The van der Waals surface area contributed by atoms with Crippen molar-refractivity contribution >= 4 is 5.82 Å². The summed E-state index contributed by atoms with van der Waals surface area (Å²) in [5, 5.41) is 3.42. The van der Waals surface area contributed by atoms with E-state index in [2.05, 4.69) is 17.2 Å². The van der Waals surface area contributed by atoms with E-state index in [4.69, 9.17) is 4.74 Å². The van der Waals surface area contributed by atoms with E-state index in [1.165, 1.54) is 32.1 Å². The summed E-state index contributed by atoms with van der Waals surface area (Å²) < 4.78 is 5.57. The van der Waals surface area contributed by atoms with E-state index in [1.54, 1.807) is 0 Å². The number of pyridine rings is 1. The first-order chi connectivity index (χ1) is 9.29. The first kappa shape index (κ1) is 14.2. The van der Waals surface area contributed by atoms with Gasteiger partial charge < -0.3 is 10.1 Å². The van der Waals surface area contributed by atoms with Crippen LogP contribution in [0.2, 0.25) is 0 Å². The molecule has 0 atom stereocenters. The van der Waals surface area contributed by atoms with Gasteiger partial charge in [0, 0.05) is 12.7 Å². The van der Waals surface area contributed by atoms with Crippen molar-refractivity contribution in [2.24, 2.45) is 11.8 Å². The molecule has 106 valence electrons. The molecule has 0 aliphatic heterocycles. The monoisotopic (exact) mass is 262 g/mol. The van der Waals surface area contributed by atoms with E-state index >= 15 is 0 Å². The maximum atomic E-state index is 5.57. The van der Waals surface area contributed by atoms with Crippen LogP contribution in [-0.4, -0.2) is 18.1 Å². The first-order valence-electron chi connectivity index (χ1n) is 7.61. The molecule has 1 N–H and O–H groups in total. The van der Waals surface area contributed by atoms with Crippen LogP contribution in [-0.2, 0) is 0 Å². The van der Waals surface area contributed by atoms with Crippen LogP contribution < -0.4 is 10.1 Å². The minimum absolute atomic E-state index is 0.681. The number of anilines is 1. The van der Waals surface area contributed by atoms with Crippen molar-refractivity contribution in [3.05, 3.63) is 18.3 Å². The third kappa shape index (κ3) is 4.41. The predicted molar refractivity (Wildman–Crippen MR) is 79.6 cm³/mol. The molecule has 0 radical (unpaired) electrons. The molecular formula is C16H26N2O. The molecule has 0 saturated heterocycles. The molecule has 3 heteroatoms. The maximum Gasteiger partial charge on any atom is 0.168 e. The van der Waals surface area contributed by atoms with Gasteiger partial charge in [0.2, 0.25) is 0 Å². The minimum Gasteiger partial charge on any atom is -0.490 e. The number of hydrogen-bond acceptors (Lipinski definition) is 3. The van der Waals surface area contributed by atoms with Gasteiger partial charge in [-0.15, -0.1) is 0 Å². The highest BCUT2D eigenvalue weighted by atomic mass is 16.5. The van der Waals surface area contributed by atoms with Gasteiger partial charge in [-0.3, -0.25) is 0 Å². The Kier molecular flexibility index (Phi) is 5.49.